The quantitative estimate of drug-likeness (QED) is 0.943. The number of pyridine rings is 1. The molecule has 1 N–H and O–H groups in total. The molecule has 0 bridgehead atoms. The van der Waals surface area contributed by atoms with Crippen molar-refractivity contribution >= 4 is 5.91 Å². The number of carbonyl (C=O) groups excluding carboxylic acids is 1. The molecule has 1 saturated heterocycles. The minimum absolute atomic E-state index is 0.0338. The summed E-state index contributed by atoms with van der Waals surface area (Å²) in [4.78, 5) is 18.5. The van der Waals surface area contributed by atoms with E-state index in [2.05, 4.69) is 4.98 Å². The first-order chi connectivity index (χ1) is 11.1. The summed E-state index contributed by atoms with van der Waals surface area (Å²) in [6.45, 7) is 2.53. The van der Waals surface area contributed by atoms with Crippen molar-refractivity contribution in [3.05, 3.63) is 54.4 Å². The van der Waals surface area contributed by atoms with E-state index in [1.807, 2.05) is 37.3 Å². The molecular formula is C18H20N2O3. The molecule has 1 aliphatic rings. The Hall–Kier alpha value is -2.40. The number of nitrogens with zero attached hydrogens (tertiary/aromatic N) is 2. The smallest absolute Gasteiger partial charge is 0.272 e. The zero-order chi connectivity index (χ0) is 16.3. The van der Waals surface area contributed by atoms with Gasteiger partial charge in [0.2, 0.25) is 0 Å². The third-order valence-corrected chi connectivity index (χ3v) is 4.27. The SMILES string of the molecule is CC1(CO)CCCN1C(=O)c1ccc(Oc2ccccc2)cn1. The van der Waals surface area contributed by atoms with Crippen LogP contribution < -0.4 is 4.74 Å². The first-order valence-corrected chi connectivity index (χ1v) is 7.74. The third-order valence-electron chi connectivity index (χ3n) is 4.27. The van der Waals surface area contributed by atoms with Crippen molar-refractivity contribution in [1.82, 2.24) is 9.88 Å². The van der Waals surface area contributed by atoms with Crippen LogP contribution in [0.1, 0.15) is 30.3 Å². The normalized spacial score (nSPS) is 20.5. The summed E-state index contributed by atoms with van der Waals surface area (Å²) in [7, 11) is 0. The molecule has 120 valence electrons. The Morgan fingerprint density at radius 1 is 1.26 bits per heavy atom. The number of likely N-dealkylation sites (tertiary alicyclic amines) is 1. The molecule has 1 fully saturated rings. The highest BCUT2D eigenvalue weighted by Gasteiger charge is 2.39. The largest absolute Gasteiger partial charge is 0.456 e. The number of hydrogen-bond acceptors (Lipinski definition) is 4. The van der Waals surface area contributed by atoms with Gasteiger partial charge in [0.1, 0.15) is 17.2 Å². The second-order valence-corrected chi connectivity index (χ2v) is 6.01. The minimum atomic E-state index is -0.488. The summed E-state index contributed by atoms with van der Waals surface area (Å²) in [5.74, 6) is 1.16. The summed E-state index contributed by atoms with van der Waals surface area (Å²) < 4.78 is 5.67. The van der Waals surface area contributed by atoms with E-state index in [1.54, 1.807) is 23.2 Å². The average Bonchev–Trinajstić information content (AvgIpc) is 2.98. The summed E-state index contributed by atoms with van der Waals surface area (Å²) in [5.41, 5.74) is -0.121. The van der Waals surface area contributed by atoms with Crippen LogP contribution in [0.25, 0.3) is 0 Å². The lowest BCUT2D eigenvalue weighted by atomic mass is 10.00. The predicted molar refractivity (Wildman–Crippen MR) is 86.5 cm³/mol. The second kappa shape index (κ2) is 6.38. The maximum absolute atomic E-state index is 12.6. The predicted octanol–water partition coefficient (Wildman–Crippen LogP) is 2.86. The first kappa shape index (κ1) is 15.5. The summed E-state index contributed by atoms with van der Waals surface area (Å²) >= 11 is 0. The summed E-state index contributed by atoms with van der Waals surface area (Å²) in [6, 6.07) is 12.8. The summed E-state index contributed by atoms with van der Waals surface area (Å²) in [6.07, 6.45) is 3.26. The molecule has 2 heterocycles. The van der Waals surface area contributed by atoms with Crippen LogP contribution in [0.2, 0.25) is 0 Å². The van der Waals surface area contributed by atoms with Crippen LogP contribution in [-0.4, -0.2) is 39.6 Å². The molecule has 3 rings (SSSR count). The van der Waals surface area contributed by atoms with Gasteiger partial charge in [-0.1, -0.05) is 18.2 Å². The van der Waals surface area contributed by atoms with Crippen LogP contribution >= 0.6 is 0 Å². The minimum Gasteiger partial charge on any atom is -0.456 e. The van der Waals surface area contributed by atoms with Gasteiger partial charge in [0.25, 0.3) is 5.91 Å². The maximum atomic E-state index is 12.6. The van der Waals surface area contributed by atoms with Gasteiger partial charge in [0.05, 0.1) is 18.3 Å². The van der Waals surface area contributed by atoms with Crippen molar-refractivity contribution in [1.29, 1.82) is 0 Å². The zero-order valence-electron chi connectivity index (χ0n) is 13.1. The van der Waals surface area contributed by atoms with Crippen molar-refractivity contribution in [2.75, 3.05) is 13.2 Å². The number of benzene rings is 1. The molecular weight excluding hydrogens is 292 g/mol. The molecule has 0 spiro atoms. The molecule has 0 aliphatic carbocycles. The van der Waals surface area contributed by atoms with E-state index in [0.717, 1.165) is 18.6 Å². The maximum Gasteiger partial charge on any atom is 0.272 e. The van der Waals surface area contributed by atoms with E-state index < -0.39 is 5.54 Å². The Morgan fingerprint density at radius 3 is 2.70 bits per heavy atom. The van der Waals surface area contributed by atoms with Gasteiger partial charge in [-0.25, -0.2) is 4.98 Å². The van der Waals surface area contributed by atoms with Crippen molar-refractivity contribution in [3.63, 3.8) is 0 Å². The third kappa shape index (κ3) is 3.19. The molecule has 5 heteroatoms. The second-order valence-electron chi connectivity index (χ2n) is 6.01. The van der Waals surface area contributed by atoms with Gasteiger partial charge in [-0.3, -0.25) is 4.79 Å². The van der Waals surface area contributed by atoms with Gasteiger partial charge in [0, 0.05) is 6.54 Å². The highest BCUT2D eigenvalue weighted by molar-refractivity contribution is 5.93. The van der Waals surface area contributed by atoms with Crippen molar-refractivity contribution in [3.8, 4) is 11.5 Å². The van der Waals surface area contributed by atoms with E-state index in [9.17, 15) is 9.90 Å². The van der Waals surface area contributed by atoms with Crippen LogP contribution in [0.3, 0.4) is 0 Å². The molecule has 1 amide bonds. The Bertz CT molecular complexity index is 672. The Balaban J connectivity index is 1.73. The Labute approximate surface area is 135 Å². The molecule has 1 aliphatic heterocycles. The van der Waals surface area contributed by atoms with E-state index in [-0.39, 0.29) is 12.5 Å². The molecule has 1 unspecified atom stereocenters. The number of para-hydroxylation sites is 1. The van der Waals surface area contributed by atoms with Gasteiger partial charge in [0.15, 0.2) is 0 Å². The fourth-order valence-electron chi connectivity index (χ4n) is 2.86. The molecule has 1 atom stereocenters. The highest BCUT2D eigenvalue weighted by Crippen LogP contribution is 2.30. The molecule has 0 radical (unpaired) electrons. The molecule has 1 aromatic carbocycles. The molecule has 0 saturated carbocycles. The number of aliphatic hydroxyl groups is 1. The van der Waals surface area contributed by atoms with E-state index in [1.165, 1.54) is 0 Å². The number of carbonyl (C=O) groups is 1. The number of hydrogen-bond donors (Lipinski definition) is 1. The molecule has 1 aromatic heterocycles. The topological polar surface area (TPSA) is 62.7 Å². The van der Waals surface area contributed by atoms with E-state index >= 15 is 0 Å². The van der Waals surface area contributed by atoms with Crippen LogP contribution in [0.5, 0.6) is 11.5 Å². The highest BCUT2D eigenvalue weighted by atomic mass is 16.5. The number of rotatable bonds is 4. The number of amides is 1. The molecule has 23 heavy (non-hydrogen) atoms. The lowest BCUT2D eigenvalue weighted by Crippen LogP contribution is -2.47. The fourth-order valence-corrected chi connectivity index (χ4v) is 2.86. The van der Waals surface area contributed by atoms with Crippen LogP contribution in [0, 0.1) is 0 Å². The van der Waals surface area contributed by atoms with Crippen LogP contribution in [-0.2, 0) is 0 Å². The van der Waals surface area contributed by atoms with Crippen molar-refractivity contribution in [2.45, 2.75) is 25.3 Å². The van der Waals surface area contributed by atoms with E-state index in [4.69, 9.17) is 4.74 Å². The van der Waals surface area contributed by atoms with Gasteiger partial charge < -0.3 is 14.7 Å². The van der Waals surface area contributed by atoms with Gasteiger partial charge >= 0.3 is 0 Å². The van der Waals surface area contributed by atoms with Gasteiger partial charge in [-0.2, -0.15) is 0 Å². The molecule has 2 aromatic rings. The first-order valence-electron chi connectivity index (χ1n) is 7.74. The Kier molecular flexibility index (Phi) is 4.30. The number of aliphatic hydroxyl groups excluding tert-OH is 1. The zero-order valence-corrected chi connectivity index (χ0v) is 13.1. The van der Waals surface area contributed by atoms with Crippen LogP contribution in [0.4, 0.5) is 0 Å². The van der Waals surface area contributed by atoms with Gasteiger partial charge in [-0.15, -0.1) is 0 Å². The molecule has 5 nitrogen and oxygen atoms in total. The monoisotopic (exact) mass is 312 g/mol. The van der Waals surface area contributed by atoms with Crippen LogP contribution in [0.15, 0.2) is 48.7 Å². The summed E-state index contributed by atoms with van der Waals surface area (Å²) in [5, 5.41) is 9.57. The number of aromatic nitrogens is 1. The lowest BCUT2D eigenvalue weighted by molar-refractivity contribution is 0.0467. The average molecular weight is 312 g/mol. The standard InChI is InChI=1S/C18H20N2O3/c1-18(13-21)10-5-11-20(18)17(22)16-9-8-15(12-19-16)23-14-6-3-2-4-7-14/h2-4,6-9,12,21H,5,10-11,13H2,1H3. The van der Waals surface area contributed by atoms with Crippen molar-refractivity contribution in [2.24, 2.45) is 0 Å². The van der Waals surface area contributed by atoms with Crippen molar-refractivity contribution < 1.29 is 14.6 Å². The van der Waals surface area contributed by atoms with E-state index in [0.29, 0.717) is 18.0 Å². The fraction of sp³-hybridized carbons (Fsp3) is 0.333. The Morgan fingerprint density at radius 2 is 2.04 bits per heavy atom. The number of ether oxygens (including phenoxy) is 1. The lowest BCUT2D eigenvalue weighted by Gasteiger charge is -2.33. The van der Waals surface area contributed by atoms with Gasteiger partial charge in [-0.05, 0) is 44.0 Å².